The maximum atomic E-state index is 12.3. The third-order valence-electron chi connectivity index (χ3n) is 4.46. The fourth-order valence-electron chi connectivity index (χ4n) is 3.25. The Kier molecular flexibility index (Phi) is 3.72. The highest BCUT2D eigenvalue weighted by atomic mass is 16.1. The number of rotatable bonds is 2. The molecule has 3 heterocycles. The van der Waals surface area contributed by atoms with Gasteiger partial charge in [0, 0.05) is 24.7 Å². The van der Waals surface area contributed by atoms with Gasteiger partial charge in [0.15, 0.2) is 0 Å². The fraction of sp³-hybridized carbons (Fsp3) is 0.211. The summed E-state index contributed by atoms with van der Waals surface area (Å²) in [5.74, 6) is -0.00556. The molecule has 0 spiro atoms. The molecular formula is C19H18N4O2. The van der Waals surface area contributed by atoms with Crippen molar-refractivity contribution < 1.29 is 4.79 Å². The lowest BCUT2D eigenvalue weighted by molar-refractivity contribution is -0.116. The summed E-state index contributed by atoms with van der Waals surface area (Å²) in [7, 11) is 0. The molecule has 0 saturated carbocycles. The minimum absolute atomic E-state index is 0.000301. The molecule has 0 fully saturated rings. The molecule has 25 heavy (non-hydrogen) atoms. The molecule has 2 aromatic heterocycles. The lowest BCUT2D eigenvalue weighted by Crippen LogP contribution is -2.34. The SMILES string of the molecule is C[C@H]1CC(=O)Nc2ccccc2N1Cc1cc(=O)n2ccccc2n1. The zero-order chi connectivity index (χ0) is 17.4. The molecule has 0 bridgehead atoms. The summed E-state index contributed by atoms with van der Waals surface area (Å²) < 4.78 is 1.52. The lowest BCUT2D eigenvalue weighted by atomic mass is 10.1. The molecule has 1 aliphatic rings. The van der Waals surface area contributed by atoms with Crippen molar-refractivity contribution in [3.8, 4) is 0 Å². The average Bonchev–Trinajstić information content (AvgIpc) is 2.71. The van der Waals surface area contributed by atoms with Crippen molar-refractivity contribution in [1.82, 2.24) is 9.38 Å². The van der Waals surface area contributed by atoms with Crippen LogP contribution >= 0.6 is 0 Å². The number of aromatic nitrogens is 2. The van der Waals surface area contributed by atoms with Crippen LogP contribution in [-0.4, -0.2) is 21.3 Å². The van der Waals surface area contributed by atoms with Gasteiger partial charge in [0.2, 0.25) is 5.91 Å². The lowest BCUT2D eigenvalue weighted by Gasteiger charge is -2.29. The first kappa shape index (κ1) is 15.4. The number of anilines is 2. The van der Waals surface area contributed by atoms with Crippen molar-refractivity contribution in [2.45, 2.75) is 25.9 Å². The third-order valence-corrected chi connectivity index (χ3v) is 4.46. The molecule has 1 aromatic carbocycles. The van der Waals surface area contributed by atoms with Gasteiger partial charge in [-0.25, -0.2) is 4.98 Å². The Morgan fingerprint density at radius 2 is 1.96 bits per heavy atom. The molecule has 1 aliphatic heterocycles. The number of nitrogens with zero attached hydrogens (tertiary/aromatic N) is 3. The molecule has 3 aromatic rings. The summed E-state index contributed by atoms with van der Waals surface area (Å²) in [6.45, 7) is 2.48. The van der Waals surface area contributed by atoms with Crippen molar-refractivity contribution >= 4 is 22.9 Å². The van der Waals surface area contributed by atoms with Crippen LogP contribution in [0.25, 0.3) is 5.65 Å². The molecule has 0 radical (unpaired) electrons. The minimum Gasteiger partial charge on any atom is -0.361 e. The molecule has 4 rings (SSSR count). The summed E-state index contributed by atoms with van der Waals surface area (Å²) in [6, 6.07) is 14.7. The smallest absolute Gasteiger partial charge is 0.258 e. The van der Waals surface area contributed by atoms with E-state index < -0.39 is 0 Å². The van der Waals surface area contributed by atoms with Crippen LogP contribution in [0.1, 0.15) is 19.0 Å². The van der Waals surface area contributed by atoms with E-state index >= 15 is 0 Å². The maximum absolute atomic E-state index is 12.3. The highest BCUT2D eigenvalue weighted by Gasteiger charge is 2.25. The van der Waals surface area contributed by atoms with E-state index in [0.717, 1.165) is 11.4 Å². The molecular weight excluding hydrogens is 316 g/mol. The highest BCUT2D eigenvalue weighted by molar-refractivity contribution is 5.96. The fourth-order valence-corrected chi connectivity index (χ4v) is 3.25. The largest absolute Gasteiger partial charge is 0.361 e. The van der Waals surface area contributed by atoms with Crippen LogP contribution in [-0.2, 0) is 11.3 Å². The molecule has 1 N–H and O–H groups in total. The molecule has 1 atom stereocenters. The zero-order valence-corrected chi connectivity index (χ0v) is 13.8. The van der Waals surface area contributed by atoms with E-state index in [9.17, 15) is 9.59 Å². The second kappa shape index (κ2) is 6.05. The van der Waals surface area contributed by atoms with Crippen LogP contribution in [0.15, 0.2) is 59.5 Å². The van der Waals surface area contributed by atoms with Gasteiger partial charge in [0.05, 0.1) is 23.6 Å². The van der Waals surface area contributed by atoms with Crippen molar-refractivity contribution in [3.63, 3.8) is 0 Å². The van der Waals surface area contributed by atoms with Crippen LogP contribution in [0.5, 0.6) is 0 Å². The Hall–Kier alpha value is -3.15. The number of amides is 1. The molecule has 0 saturated heterocycles. The van der Waals surface area contributed by atoms with Gasteiger partial charge in [-0.2, -0.15) is 0 Å². The van der Waals surface area contributed by atoms with E-state index in [1.807, 2.05) is 43.3 Å². The van der Waals surface area contributed by atoms with Crippen molar-refractivity contribution in [2.24, 2.45) is 0 Å². The Bertz CT molecular complexity index is 1010. The number of hydrogen-bond acceptors (Lipinski definition) is 4. The first-order chi connectivity index (χ1) is 12.1. The normalized spacial score (nSPS) is 17.1. The van der Waals surface area contributed by atoms with E-state index in [1.54, 1.807) is 18.3 Å². The number of hydrogen-bond donors (Lipinski definition) is 1. The van der Waals surface area contributed by atoms with Crippen LogP contribution < -0.4 is 15.8 Å². The summed E-state index contributed by atoms with van der Waals surface area (Å²) in [5, 5.41) is 2.94. The number of carbonyl (C=O) groups is 1. The first-order valence-electron chi connectivity index (χ1n) is 8.24. The Morgan fingerprint density at radius 1 is 1.16 bits per heavy atom. The highest BCUT2D eigenvalue weighted by Crippen LogP contribution is 2.32. The molecule has 0 aliphatic carbocycles. The quantitative estimate of drug-likeness (QED) is 0.782. The average molecular weight is 334 g/mol. The van der Waals surface area contributed by atoms with Crippen LogP contribution in [0, 0.1) is 0 Å². The van der Waals surface area contributed by atoms with Crippen molar-refractivity contribution in [2.75, 3.05) is 10.2 Å². The number of pyridine rings is 1. The Labute approximate surface area is 144 Å². The second-order valence-corrected chi connectivity index (χ2v) is 6.26. The maximum Gasteiger partial charge on any atom is 0.258 e. The van der Waals surface area contributed by atoms with E-state index in [0.29, 0.717) is 24.3 Å². The van der Waals surface area contributed by atoms with E-state index in [2.05, 4.69) is 15.2 Å². The second-order valence-electron chi connectivity index (χ2n) is 6.26. The monoisotopic (exact) mass is 334 g/mol. The van der Waals surface area contributed by atoms with Gasteiger partial charge in [0.25, 0.3) is 5.56 Å². The minimum atomic E-state index is -0.106. The van der Waals surface area contributed by atoms with E-state index in [4.69, 9.17) is 0 Å². The standard InChI is InChI=1S/C19H18N4O2/c1-13-10-18(24)21-15-6-2-3-7-16(15)23(13)12-14-11-19(25)22-9-5-4-8-17(22)20-14/h2-9,11,13H,10,12H2,1H3,(H,21,24)/t13-/m0/s1. The molecule has 1 amide bonds. The molecule has 6 nitrogen and oxygen atoms in total. The molecule has 6 heteroatoms. The predicted octanol–water partition coefficient (Wildman–Crippen LogP) is 2.43. The van der Waals surface area contributed by atoms with Crippen LogP contribution in [0.3, 0.4) is 0 Å². The van der Waals surface area contributed by atoms with Crippen molar-refractivity contribution in [3.05, 3.63) is 70.8 Å². The Balaban J connectivity index is 1.77. The number of carbonyl (C=O) groups excluding carboxylic acids is 1. The zero-order valence-electron chi connectivity index (χ0n) is 13.8. The predicted molar refractivity (Wildman–Crippen MR) is 96.8 cm³/mol. The van der Waals surface area contributed by atoms with Gasteiger partial charge in [-0.3, -0.25) is 14.0 Å². The first-order valence-corrected chi connectivity index (χ1v) is 8.24. The Morgan fingerprint density at radius 3 is 2.84 bits per heavy atom. The van der Waals surface area contributed by atoms with Gasteiger partial charge < -0.3 is 10.2 Å². The number of nitrogens with one attached hydrogen (secondary N) is 1. The summed E-state index contributed by atoms with van der Waals surface area (Å²) >= 11 is 0. The van der Waals surface area contributed by atoms with Gasteiger partial charge >= 0.3 is 0 Å². The van der Waals surface area contributed by atoms with E-state index in [1.165, 1.54) is 4.40 Å². The third kappa shape index (κ3) is 2.87. The number of benzene rings is 1. The summed E-state index contributed by atoms with van der Waals surface area (Å²) in [4.78, 5) is 31.1. The topological polar surface area (TPSA) is 66.7 Å². The number of para-hydroxylation sites is 2. The van der Waals surface area contributed by atoms with E-state index in [-0.39, 0.29) is 17.5 Å². The van der Waals surface area contributed by atoms with Crippen LogP contribution in [0.2, 0.25) is 0 Å². The summed E-state index contributed by atoms with van der Waals surface area (Å²) in [6.07, 6.45) is 2.10. The molecule has 0 unspecified atom stereocenters. The van der Waals surface area contributed by atoms with Gasteiger partial charge in [-0.05, 0) is 31.2 Å². The summed E-state index contributed by atoms with van der Waals surface area (Å²) in [5.41, 5.74) is 2.93. The molecule has 126 valence electrons. The van der Waals surface area contributed by atoms with Gasteiger partial charge in [-0.1, -0.05) is 18.2 Å². The van der Waals surface area contributed by atoms with Gasteiger partial charge in [-0.15, -0.1) is 0 Å². The van der Waals surface area contributed by atoms with Crippen molar-refractivity contribution in [1.29, 1.82) is 0 Å². The van der Waals surface area contributed by atoms with Crippen LogP contribution in [0.4, 0.5) is 11.4 Å². The van der Waals surface area contributed by atoms with Gasteiger partial charge in [0.1, 0.15) is 5.65 Å². The number of fused-ring (bicyclic) bond motifs is 2.